The van der Waals surface area contributed by atoms with Crippen molar-refractivity contribution in [1.29, 1.82) is 0 Å². The molecule has 1 atom stereocenters. The summed E-state index contributed by atoms with van der Waals surface area (Å²) in [5.41, 5.74) is 2.37. The first-order chi connectivity index (χ1) is 9.10. The van der Waals surface area contributed by atoms with Crippen LogP contribution in [0.2, 0.25) is 0 Å². The summed E-state index contributed by atoms with van der Waals surface area (Å²) >= 11 is 0. The van der Waals surface area contributed by atoms with Crippen LogP contribution >= 0.6 is 0 Å². The van der Waals surface area contributed by atoms with Crippen molar-refractivity contribution in [2.24, 2.45) is 0 Å². The van der Waals surface area contributed by atoms with E-state index in [1.54, 1.807) is 0 Å². The second kappa shape index (κ2) is 6.53. The highest BCUT2D eigenvalue weighted by Crippen LogP contribution is 2.17. The normalized spacial score (nSPS) is 19.8. The second-order valence-corrected chi connectivity index (χ2v) is 5.65. The van der Waals surface area contributed by atoms with E-state index in [-0.39, 0.29) is 0 Å². The third kappa shape index (κ3) is 3.80. The van der Waals surface area contributed by atoms with Gasteiger partial charge in [0.2, 0.25) is 0 Å². The molecule has 0 spiro atoms. The molecule has 108 valence electrons. The summed E-state index contributed by atoms with van der Waals surface area (Å²) in [5.74, 6) is 0. The molecule has 1 aliphatic rings. The van der Waals surface area contributed by atoms with Crippen LogP contribution in [0, 0.1) is 13.8 Å². The Labute approximate surface area is 116 Å². The van der Waals surface area contributed by atoms with Crippen molar-refractivity contribution < 1.29 is 4.74 Å². The van der Waals surface area contributed by atoms with Gasteiger partial charge in [-0.25, -0.2) is 0 Å². The van der Waals surface area contributed by atoms with Crippen molar-refractivity contribution in [2.45, 2.75) is 59.2 Å². The lowest BCUT2D eigenvalue weighted by Gasteiger charge is -2.35. The number of nitrogens with zero attached hydrogens (tertiary/aromatic N) is 3. The molecule has 2 heterocycles. The largest absolute Gasteiger partial charge is 0.378 e. The van der Waals surface area contributed by atoms with Crippen molar-refractivity contribution in [3.63, 3.8) is 0 Å². The molecule has 2 rings (SSSR count). The zero-order valence-corrected chi connectivity index (χ0v) is 12.7. The molecule has 19 heavy (non-hydrogen) atoms. The summed E-state index contributed by atoms with van der Waals surface area (Å²) in [7, 11) is 0. The molecule has 4 heteroatoms. The summed E-state index contributed by atoms with van der Waals surface area (Å²) in [5, 5.41) is 4.55. The molecule has 1 saturated heterocycles. The summed E-state index contributed by atoms with van der Waals surface area (Å²) in [6.45, 7) is 12.7. The lowest BCUT2D eigenvalue weighted by Crippen LogP contribution is -2.44. The Kier molecular flexibility index (Phi) is 4.99. The maximum atomic E-state index is 5.71. The first-order valence-electron chi connectivity index (χ1n) is 7.47. The molecule has 4 nitrogen and oxygen atoms in total. The fourth-order valence-corrected chi connectivity index (χ4v) is 2.94. The van der Waals surface area contributed by atoms with E-state index in [9.17, 15) is 0 Å². The number of aromatic nitrogens is 2. The highest BCUT2D eigenvalue weighted by molar-refractivity contribution is 5.06. The van der Waals surface area contributed by atoms with Crippen LogP contribution in [0.4, 0.5) is 0 Å². The van der Waals surface area contributed by atoms with Gasteiger partial charge in [0.15, 0.2) is 0 Å². The van der Waals surface area contributed by atoms with E-state index >= 15 is 0 Å². The number of piperidine rings is 1. The molecular weight excluding hydrogens is 238 g/mol. The smallest absolute Gasteiger partial charge is 0.0599 e. The van der Waals surface area contributed by atoms with Crippen LogP contribution in [0.3, 0.4) is 0 Å². The highest BCUT2D eigenvalue weighted by Gasteiger charge is 2.23. The molecule has 0 aromatic carbocycles. The first kappa shape index (κ1) is 14.5. The minimum absolute atomic E-state index is 0.474. The Morgan fingerprint density at radius 1 is 1.37 bits per heavy atom. The van der Waals surface area contributed by atoms with Crippen molar-refractivity contribution in [3.05, 3.63) is 17.5 Å². The van der Waals surface area contributed by atoms with Crippen LogP contribution in [0.5, 0.6) is 0 Å². The monoisotopic (exact) mass is 265 g/mol. The van der Waals surface area contributed by atoms with Gasteiger partial charge in [-0.15, -0.1) is 0 Å². The van der Waals surface area contributed by atoms with Gasteiger partial charge in [0.05, 0.1) is 18.3 Å². The van der Waals surface area contributed by atoms with Crippen molar-refractivity contribution in [3.8, 4) is 0 Å². The molecule has 0 saturated carbocycles. The fourth-order valence-electron chi connectivity index (χ4n) is 2.94. The molecule has 0 N–H and O–H groups in total. The van der Waals surface area contributed by atoms with Gasteiger partial charge in [-0.2, -0.15) is 5.10 Å². The summed E-state index contributed by atoms with van der Waals surface area (Å²) in [6.07, 6.45) is 2.80. The zero-order valence-electron chi connectivity index (χ0n) is 12.7. The van der Waals surface area contributed by atoms with Crippen LogP contribution in [-0.4, -0.2) is 46.5 Å². The minimum Gasteiger partial charge on any atom is -0.378 e. The Morgan fingerprint density at radius 2 is 2.05 bits per heavy atom. The molecule has 1 aromatic rings. The third-order valence-electron chi connectivity index (χ3n) is 4.04. The molecule has 0 amide bonds. The van der Waals surface area contributed by atoms with E-state index in [1.807, 2.05) is 0 Å². The highest BCUT2D eigenvalue weighted by atomic mass is 16.5. The SMILES string of the molecule is CCOC1CCN([C@H](C)Cn2nc(C)cc2C)CC1. The number of likely N-dealkylation sites (tertiary alicyclic amines) is 1. The average molecular weight is 265 g/mol. The van der Waals surface area contributed by atoms with E-state index in [4.69, 9.17) is 4.74 Å². The van der Waals surface area contributed by atoms with Crippen LogP contribution in [0.25, 0.3) is 0 Å². The maximum absolute atomic E-state index is 5.71. The Hall–Kier alpha value is -0.870. The Bertz CT molecular complexity index is 394. The second-order valence-electron chi connectivity index (χ2n) is 5.65. The third-order valence-corrected chi connectivity index (χ3v) is 4.04. The topological polar surface area (TPSA) is 30.3 Å². The molecule has 1 fully saturated rings. The van der Waals surface area contributed by atoms with Gasteiger partial charge in [-0.05, 0) is 46.6 Å². The van der Waals surface area contributed by atoms with Gasteiger partial charge >= 0.3 is 0 Å². The summed E-state index contributed by atoms with van der Waals surface area (Å²) < 4.78 is 7.84. The van der Waals surface area contributed by atoms with Crippen molar-refractivity contribution >= 4 is 0 Å². The van der Waals surface area contributed by atoms with Crippen LogP contribution in [0.1, 0.15) is 38.1 Å². The van der Waals surface area contributed by atoms with E-state index in [1.165, 1.54) is 5.69 Å². The maximum Gasteiger partial charge on any atom is 0.0599 e. The van der Waals surface area contributed by atoms with Gasteiger partial charge in [-0.3, -0.25) is 9.58 Å². The van der Waals surface area contributed by atoms with E-state index < -0.39 is 0 Å². The number of hydrogen-bond donors (Lipinski definition) is 0. The van der Waals surface area contributed by atoms with Crippen LogP contribution in [-0.2, 0) is 11.3 Å². The Morgan fingerprint density at radius 3 is 2.58 bits per heavy atom. The van der Waals surface area contributed by atoms with Crippen molar-refractivity contribution in [2.75, 3.05) is 19.7 Å². The van der Waals surface area contributed by atoms with Crippen molar-refractivity contribution in [1.82, 2.24) is 14.7 Å². The van der Waals surface area contributed by atoms with Gasteiger partial charge < -0.3 is 4.74 Å². The lowest BCUT2D eigenvalue weighted by atomic mass is 10.1. The molecule has 0 bridgehead atoms. The zero-order chi connectivity index (χ0) is 13.8. The summed E-state index contributed by atoms with van der Waals surface area (Å²) in [4.78, 5) is 2.56. The fraction of sp³-hybridized carbons (Fsp3) is 0.800. The number of rotatable bonds is 5. The molecule has 0 aliphatic carbocycles. The molecule has 0 unspecified atom stereocenters. The predicted octanol–water partition coefficient (Wildman–Crippen LogP) is 2.39. The Balaban J connectivity index is 1.84. The number of hydrogen-bond acceptors (Lipinski definition) is 3. The lowest BCUT2D eigenvalue weighted by molar-refractivity contribution is 0.00374. The molecular formula is C15H27N3O. The summed E-state index contributed by atoms with van der Waals surface area (Å²) in [6, 6.07) is 2.69. The standard InChI is InChI=1S/C15H27N3O/c1-5-19-15-6-8-17(9-7-15)14(4)11-18-13(3)10-12(2)16-18/h10,14-15H,5-9,11H2,1-4H3/t14-/m1/s1. The quantitative estimate of drug-likeness (QED) is 0.819. The van der Waals surface area contributed by atoms with Gasteiger partial charge in [0, 0.05) is 31.4 Å². The molecule has 0 radical (unpaired) electrons. The van der Waals surface area contributed by atoms with Gasteiger partial charge in [0.1, 0.15) is 0 Å². The first-order valence-corrected chi connectivity index (χ1v) is 7.47. The van der Waals surface area contributed by atoms with Gasteiger partial charge in [-0.1, -0.05) is 0 Å². The van der Waals surface area contributed by atoms with E-state index in [0.29, 0.717) is 12.1 Å². The minimum atomic E-state index is 0.474. The molecule has 1 aliphatic heterocycles. The van der Waals surface area contributed by atoms with Crippen LogP contribution < -0.4 is 0 Å². The van der Waals surface area contributed by atoms with Gasteiger partial charge in [0.25, 0.3) is 0 Å². The van der Waals surface area contributed by atoms with E-state index in [0.717, 1.165) is 44.8 Å². The predicted molar refractivity (Wildman–Crippen MR) is 77.4 cm³/mol. The number of ether oxygens (including phenoxy) is 1. The molecule has 1 aromatic heterocycles. The number of aryl methyl sites for hydroxylation is 2. The average Bonchev–Trinajstić information content (AvgIpc) is 2.69. The van der Waals surface area contributed by atoms with Crippen LogP contribution in [0.15, 0.2) is 6.07 Å². The van der Waals surface area contributed by atoms with E-state index in [2.05, 4.69) is 48.4 Å².